The van der Waals surface area contributed by atoms with Gasteiger partial charge in [-0.3, -0.25) is 0 Å². The van der Waals surface area contributed by atoms with Crippen LogP contribution in [0.2, 0.25) is 0 Å². The first-order chi connectivity index (χ1) is 10.8. The first-order valence-corrected chi connectivity index (χ1v) is 9.44. The molecule has 0 fully saturated rings. The highest BCUT2D eigenvalue weighted by atomic mass is 32.2. The highest BCUT2D eigenvalue weighted by Gasteiger charge is 2.16. The molecule has 0 spiro atoms. The second-order valence-electron chi connectivity index (χ2n) is 5.87. The highest BCUT2D eigenvalue weighted by Crippen LogP contribution is 2.21. The molecular weight excluding hydrogens is 317 g/mol. The Kier molecular flexibility index (Phi) is 5.59. The van der Waals surface area contributed by atoms with E-state index >= 15 is 0 Å². The number of hydrogen-bond donors (Lipinski definition) is 1. The van der Waals surface area contributed by atoms with E-state index in [9.17, 15) is 12.8 Å². The lowest BCUT2D eigenvalue weighted by Crippen LogP contribution is -2.29. The summed E-state index contributed by atoms with van der Waals surface area (Å²) in [6, 6.07) is 8.20. The monoisotopic (exact) mass is 339 g/mol. The van der Waals surface area contributed by atoms with Crippen LogP contribution in [-0.2, 0) is 16.3 Å². The molecule has 1 aromatic carbocycles. The lowest BCUT2D eigenvalue weighted by molar-refractivity contribution is 0.429. The molecule has 126 valence electrons. The van der Waals surface area contributed by atoms with Gasteiger partial charge >= 0.3 is 0 Å². The molecule has 0 aliphatic heterocycles. The third-order valence-electron chi connectivity index (χ3n) is 3.79. The fourth-order valence-corrected chi connectivity index (χ4v) is 3.24. The van der Waals surface area contributed by atoms with Crippen molar-refractivity contribution in [3.05, 3.63) is 53.7 Å². The van der Waals surface area contributed by atoms with Crippen LogP contribution in [0.25, 0.3) is 0 Å². The van der Waals surface area contributed by atoms with Crippen LogP contribution in [0.1, 0.15) is 37.6 Å². The zero-order valence-corrected chi connectivity index (χ0v) is 14.4. The summed E-state index contributed by atoms with van der Waals surface area (Å²) in [5.41, 5.74) is 0.722. The highest BCUT2D eigenvalue weighted by molar-refractivity contribution is 7.90. The van der Waals surface area contributed by atoms with Gasteiger partial charge in [0.1, 0.15) is 16.5 Å². The van der Waals surface area contributed by atoms with Crippen molar-refractivity contribution in [3.8, 4) is 0 Å². The SMILES string of the molecule is C[C@@H](CCc1ccco1)N[C@H](C)c1ccc(S(C)(=O)=O)c(F)c1. The van der Waals surface area contributed by atoms with E-state index < -0.39 is 15.7 Å². The minimum atomic E-state index is -3.54. The number of rotatable bonds is 7. The molecular formula is C17H22FNO3S. The smallest absolute Gasteiger partial charge is 0.178 e. The number of aryl methyl sites for hydroxylation is 1. The maximum Gasteiger partial charge on any atom is 0.178 e. The molecule has 0 aliphatic rings. The second kappa shape index (κ2) is 7.27. The van der Waals surface area contributed by atoms with Crippen molar-refractivity contribution in [2.75, 3.05) is 6.26 Å². The molecule has 2 aromatic rings. The Bertz CT molecular complexity index is 741. The normalized spacial score (nSPS) is 14.6. The largest absolute Gasteiger partial charge is 0.469 e. The molecule has 1 heterocycles. The maximum atomic E-state index is 14.0. The molecule has 0 amide bonds. The fourth-order valence-electron chi connectivity index (χ4n) is 2.51. The Labute approximate surface area is 136 Å². The standard InChI is InChI=1S/C17H22FNO3S/c1-12(6-8-15-5-4-10-22-15)19-13(2)14-7-9-17(16(18)11-14)23(3,20)21/h4-5,7,9-13,19H,6,8H2,1-3H3/t12-,13+/m0/s1. The zero-order chi connectivity index (χ0) is 17.0. The van der Waals surface area contributed by atoms with Gasteiger partial charge in [0.15, 0.2) is 9.84 Å². The summed E-state index contributed by atoms with van der Waals surface area (Å²) in [5, 5.41) is 3.39. The van der Waals surface area contributed by atoms with Gasteiger partial charge in [0.2, 0.25) is 0 Å². The minimum absolute atomic E-state index is 0.0790. The van der Waals surface area contributed by atoms with Crippen molar-refractivity contribution in [2.45, 2.75) is 43.7 Å². The van der Waals surface area contributed by atoms with Gasteiger partial charge in [0.05, 0.1) is 6.26 Å². The summed E-state index contributed by atoms with van der Waals surface area (Å²) in [6.45, 7) is 3.99. The second-order valence-corrected chi connectivity index (χ2v) is 7.85. The van der Waals surface area contributed by atoms with Crippen LogP contribution >= 0.6 is 0 Å². The molecule has 2 rings (SSSR count). The first kappa shape index (κ1) is 17.7. The molecule has 2 atom stereocenters. The third-order valence-corrected chi connectivity index (χ3v) is 4.92. The number of halogens is 1. The average Bonchev–Trinajstić information content (AvgIpc) is 2.96. The summed E-state index contributed by atoms with van der Waals surface area (Å²) in [5.74, 6) is 0.233. The average molecular weight is 339 g/mol. The minimum Gasteiger partial charge on any atom is -0.469 e. The number of hydrogen-bond acceptors (Lipinski definition) is 4. The van der Waals surface area contributed by atoms with Crippen LogP contribution in [0.3, 0.4) is 0 Å². The molecule has 0 saturated carbocycles. The molecule has 0 unspecified atom stereocenters. The lowest BCUT2D eigenvalue weighted by Gasteiger charge is -2.20. The van der Waals surface area contributed by atoms with Gasteiger partial charge in [-0.2, -0.15) is 0 Å². The quantitative estimate of drug-likeness (QED) is 0.839. The van der Waals surface area contributed by atoms with Gasteiger partial charge < -0.3 is 9.73 Å². The predicted molar refractivity (Wildman–Crippen MR) is 87.6 cm³/mol. The number of nitrogens with one attached hydrogen (secondary N) is 1. The van der Waals surface area contributed by atoms with Crippen molar-refractivity contribution in [1.29, 1.82) is 0 Å². The van der Waals surface area contributed by atoms with Gasteiger partial charge in [-0.25, -0.2) is 12.8 Å². The summed E-state index contributed by atoms with van der Waals surface area (Å²) < 4.78 is 42.2. The van der Waals surface area contributed by atoms with E-state index in [-0.39, 0.29) is 17.0 Å². The maximum absolute atomic E-state index is 14.0. The molecule has 23 heavy (non-hydrogen) atoms. The molecule has 0 radical (unpaired) electrons. The lowest BCUT2D eigenvalue weighted by atomic mass is 10.1. The topological polar surface area (TPSA) is 59.3 Å². The van der Waals surface area contributed by atoms with Gasteiger partial charge in [-0.1, -0.05) is 6.07 Å². The van der Waals surface area contributed by atoms with Crippen LogP contribution in [0.4, 0.5) is 4.39 Å². The Hall–Kier alpha value is -1.66. The van der Waals surface area contributed by atoms with Crippen LogP contribution < -0.4 is 5.32 Å². The van der Waals surface area contributed by atoms with Crippen molar-refractivity contribution in [1.82, 2.24) is 5.32 Å². The molecule has 1 N–H and O–H groups in total. The van der Waals surface area contributed by atoms with Crippen LogP contribution in [0.15, 0.2) is 45.9 Å². The molecule has 0 aliphatic carbocycles. The Balaban J connectivity index is 1.97. The van der Waals surface area contributed by atoms with Crippen LogP contribution in [0, 0.1) is 5.82 Å². The first-order valence-electron chi connectivity index (χ1n) is 7.55. The van der Waals surface area contributed by atoms with Crippen LogP contribution in [-0.4, -0.2) is 20.7 Å². The van der Waals surface area contributed by atoms with Crippen LogP contribution in [0.5, 0.6) is 0 Å². The van der Waals surface area contributed by atoms with Gasteiger partial charge in [0, 0.05) is 24.8 Å². The van der Waals surface area contributed by atoms with Crippen molar-refractivity contribution < 1.29 is 17.2 Å². The summed E-state index contributed by atoms with van der Waals surface area (Å²) in [6.07, 6.45) is 4.38. The number of furan rings is 1. The van der Waals surface area contributed by atoms with E-state index in [1.54, 1.807) is 12.3 Å². The summed E-state index contributed by atoms with van der Waals surface area (Å²) in [4.78, 5) is -0.265. The van der Waals surface area contributed by atoms with Gasteiger partial charge in [-0.05, 0) is 50.1 Å². The van der Waals surface area contributed by atoms with E-state index in [2.05, 4.69) is 12.2 Å². The molecule has 1 aromatic heterocycles. The molecule has 0 bridgehead atoms. The Morgan fingerprint density at radius 2 is 2.00 bits per heavy atom. The molecule has 0 saturated heterocycles. The molecule has 6 heteroatoms. The molecule has 4 nitrogen and oxygen atoms in total. The van der Waals surface area contributed by atoms with E-state index in [1.807, 2.05) is 19.1 Å². The van der Waals surface area contributed by atoms with Crippen molar-refractivity contribution in [3.63, 3.8) is 0 Å². The predicted octanol–water partition coefficient (Wildman–Crippen LogP) is 3.49. The van der Waals surface area contributed by atoms with E-state index in [0.717, 1.165) is 30.4 Å². The van der Waals surface area contributed by atoms with Crippen molar-refractivity contribution >= 4 is 9.84 Å². The Morgan fingerprint density at radius 1 is 1.26 bits per heavy atom. The number of sulfone groups is 1. The van der Waals surface area contributed by atoms with E-state index in [1.165, 1.54) is 12.1 Å². The summed E-state index contributed by atoms with van der Waals surface area (Å²) in [7, 11) is -3.54. The third kappa shape index (κ3) is 4.91. The van der Waals surface area contributed by atoms with Gasteiger partial charge in [0.25, 0.3) is 0 Å². The Morgan fingerprint density at radius 3 is 2.57 bits per heavy atom. The van der Waals surface area contributed by atoms with E-state index in [0.29, 0.717) is 0 Å². The zero-order valence-electron chi connectivity index (χ0n) is 13.5. The van der Waals surface area contributed by atoms with Crippen molar-refractivity contribution in [2.24, 2.45) is 0 Å². The van der Waals surface area contributed by atoms with Gasteiger partial charge in [-0.15, -0.1) is 0 Å². The number of benzene rings is 1. The fraction of sp³-hybridized carbons (Fsp3) is 0.412. The van der Waals surface area contributed by atoms with E-state index in [4.69, 9.17) is 4.42 Å². The summed E-state index contributed by atoms with van der Waals surface area (Å²) >= 11 is 0.